The van der Waals surface area contributed by atoms with Crippen LogP contribution in [0.3, 0.4) is 0 Å². The SMILES string of the molecule is COC(=O)c1ccccc1Nc1nccc(C(=O)Nc2ccc(OC)cc2)n1. The predicted octanol–water partition coefficient (Wildman–Crippen LogP) is 3.27. The van der Waals surface area contributed by atoms with Crippen molar-refractivity contribution in [3.8, 4) is 5.75 Å². The number of aromatic nitrogens is 2. The molecule has 0 aliphatic rings. The van der Waals surface area contributed by atoms with Gasteiger partial charge in [0.05, 0.1) is 25.5 Å². The quantitative estimate of drug-likeness (QED) is 0.635. The Hall–Kier alpha value is -3.94. The first-order valence-corrected chi connectivity index (χ1v) is 8.33. The van der Waals surface area contributed by atoms with Crippen LogP contribution in [0.25, 0.3) is 0 Å². The number of nitrogens with one attached hydrogen (secondary N) is 2. The molecule has 0 bridgehead atoms. The van der Waals surface area contributed by atoms with Crippen LogP contribution in [0.1, 0.15) is 20.8 Å². The van der Waals surface area contributed by atoms with E-state index in [4.69, 9.17) is 9.47 Å². The van der Waals surface area contributed by atoms with Crippen LogP contribution in [0.4, 0.5) is 17.3 Å². The summed E-state index contributed by atoms with van der Waals surface area (Å²) in [5, 5.41) is 5.70. The first-order chi connectivity index (χ1) is 13.6. The molecule has 0 saturated heterocycles. The molecule has 8 heteroatoms. The minimum atomic E-state index is -0.489. The molecule has 0 saturated carbocycles. The first kappa shape index (κ1) is 18.8. The average molecular weight is 378 g/mol. The van der Waals surface area contributed by atoms with E-state index in [1.807, 2.05) is 0 Å². The number of hydrogen-bond donors (Lipinski definition) is 2. The highest BCUT2D eigenvalue weighted by Crippen LogP contribution is 2.20. The van der Waals surface area contributed by atoms with E-state index in [0.717, 1.165) is 0 Å². The van der Waals surface area contributed by atoms with Crippen LogP contribution in [0.5, 0.6) is 5.75 Å². The van der Waals surface area contributed by atoms with Gasteiger partial charge >= 0.3 is 5.97 Å². The number of rotatable bonds is 6. The number of carbonyl (C=O) groups excluding carboxylic acids is 2. The van der Waals surface area contributed by atoms with Crippen LogP contribution in [0.15, 0.2) is 60.8 Å². The van der Waals surface area contributed by atoms with E-state index >= 15 is 0 Å². The van der Waals surface area contributed by atoms with Gasteiger partial charge < -0.3 is 20.1 Å². The maximum absolute atomic E-state index is 12.5. The molecule has 0 radical (unpaired) electrons. The van der Waals surface area contributed by atoms with Crippen molar-refractivity contribution in [3.63, 3.8) is 0 Å². The van der Waals surface area contributed by atoms with Crippen LogP contribution in [-0.4, -0.2) is 36.1 Å². The van der Waals surface area contributed by atoms with Gasteiger partial charge in [-0.3, -0.25) is 4.79 Å². The van der Waals surface area contributed by atoms with Crippen LogP contribution in [-0.2, 0) is 4.74 Å². The summed E-state index contributed by atoms with van der Waals surface area (Å²) < 4.78 is 9.86. The van der Waals surface area contributed by atoms with Gasteiger partial charge in [-0.15, -0.1) is 0 Å². The Morgan fingerprint density at radius 3 is 2.43 bits per heavy atom. The zero-order chi connectivity index (χ0) is 19.9. The number of esters is 1. The minimum absolute atomic E-state index is 0.170. The van der Waals surface area contributed by atoms with Crippen molar-refractivity contribution in [1.29, 1.82) is 0 Å². The number of anilines is 3. The number of amides is 1. The molecule has 1 aromatic heterocycles. The molecule has 0 fully saturated rings. The highest BCUT2D eigenvalue weighted by Gasteiger charge is 2.14. The Bertz CT molecular complexity index is 990. The Morgan fingerprint density at radius 1 is 0.964 bits per heavy atom. The van der Waals surface area contributed by atoms with E-state index in [1.165, 1.54) is 19.4 Å². The second kappa shape index (κ2) is 8.63. The van der Waals surface area contributed by atoms with Crippen molar-refractivity contribution in [3.05, 3.63) is 72.1 Å². The molecule has 2 aromatic carbocycles. The second-order valence-corrected chi connectivity index (χ2v) is 5.61. The molecule has 28 heavy (non-hydrogen) atoms. The van der Waals surface area contributed by atoms with Crippen molar-refractivity contribution >= 4 is 29.2 Å². The molecular weight excluding hydrogens is 360 g/mol. The molecule has 8 nitrogen and oxygen atoms in total. The van der Waals surface area contributed by atoms with Gasteiger partial charge in [0.25, 0.3) is 5.91 Å². The lowest BCUT2D eigenvalue weighted by Gasteiger charge is -2.10. The molecular formula is C20H18N4O4. The van der Waals surface area contributed by atoms with Crippen LogP contribution in [0.2, 0.25) is 0 Å². The van der Waals surface area contributed by atoms with Gasteiger partial charge in [-0.1, -0.05) is 12.1 Å². The monoisotopic (exact) mass is 378 g/mol. The zero-order valence-electron chi connectivity index (χ0n) is 15.3. The van der Waals surface area contributed by atoms with Crippen molar-refractivity contribution in [2.24, 2.45) is 0 Å². The van der Waals surface area contributed by atoms with Crippen LogP contribution in [0, 0.1) is 0 Å². The molecule has 0 unspecified atom stereocenters. The highest BCUT2D eigenvalue weighted by atomic mass is 16.5. The second-order valence-electron chi connectivity index (χ2n) is 5.61. The largest absolute Gasteiger partial charge is 0.497 e. The van der Waals surface area contributed by atoms with Gasteiger partial charge in [0.1, 0.15) is 11.4 Å². The maximum atomic E-state index is 12.5. The van der Waals surface area contributed by atoms with Crippen molar-refractivity contribution in [1.82, 2.24) is 9.97 Å². The number of para-hydroxylation sites is 1. The van der Waals surface area contributed by atoms with Gasteiger partial charge in [0, 0.05) is 11.9 Å². The van der Waals surface area contributed by atoms with Crippen molar-refractivity contribution < 1.29 is 19.1 Å². The summed E-state index contributed by atoms with van der Waals surface area (Å²) in [6.45, 7) is 0. The van der Waals surface area contributed by atoms with E-state index in [2.05, 4.69) is 20.6 Å². The normalized spacial score (nSPS) is 10.1. The minimum Gasteiger partial charge on any atom is -0.497 e. The Labute approximate surface area is 161 Å². The zero-order valence-corrected chi connectivity index (χ0v) is 15.3. The summed E-state index contributed by atoms with van der Waals surface area (Å²) in [6, 6.07) is 15.2. The first-order valence-electron chi connectivity index (χ1n) is 8.33. The molecule has 0 spiro atoms. The topological polar surface area (TPSA) is 102 Å². The van der Waals surface area contributed by atoms with Gasteiger partial charge in [0.2, 0.25) is 5.95 Å². The number of nitrogens with zero attached hydrogens (tertiary/aromatic N) is 2. The summed E-state index contributed by atoms with van der Waals surface area (Å²) in [6.07, 6.45) is 1.46. The fraction of sp³-hybridized carbons (Fsp3) is 0.100. The predicted molar refractivity (Wildman–Crippen MR) is 104 cm³/mol. The van der Waals surface area contributed by atoms with Crippen LogP contribution >= 0.6 is 0 Å². The van der Waals surface area contributed by atoms with E-state index < -0.39 is 11.9 Å². The third-order valence-corrected chi connectivity index (χ3v) is 3.81. The lowest BCUT2D eigenvalue weighted by atomic mass is 10.2. The maximum Gasteiger partial charge on any atom is 0.339 e. The van der Waals surface area contributed by atoms with Gasteiger partial charge in [-0.2, -0.15) is 0 Å². The van der Waals surface area contributed by atoms with E-state index in [9.17, 15) is 9.59 Å². The lowest BCUT2D eigenvalue weighted by molar-refractivity contribution is 0.0601. The number of carbonyl (C=O) groups is 2. The highest BCUT2D eigenvalue weighted by molar-refractivity contribution is 6.03. The van der Waals surface area contributed by atoms with Crippen molar-refractivity contribution in [2.45, 2.75) is 0 Å². The molecule has 0 atom stereocenters. The molecule has 0 aliphatic carbocycles. The Balaban J connectivity index is 1.77. The van der Waals surface area contributed by atoms with E-state index in [0.29, 0.717) is 22.7 Å². The smallest absolute Gasteiger partial charge is 0.339 e. The van der Waals surface area contributed by atoms with Crippen molar-refractivity contribution in [2.75, 3.05) is 24.9 Å². The Kier molecular flexibility index (Phi) is 5.81. The molecule has 3 aromatic rings. The molecule has 3 rings (SSSR count). The summed E-state index contributed by atoms with van der Waals surface area (Å²) in [5.74, 6) is -0.0112. The molecule has 2 N–H and O–H groups in total. The fourth-order valence-corrected chi connectivity index (χ4v) is 2.42. The van der Waals surface area contributed by atoms with E-state index in [-0.39, 0.29) is 11.6 Å². The standard InChI is InChI=1S/C20H18N4O4/c1-27-14-9-7-13(8-10-14)22-18(25)17-11-12-21-20(24-17)23-16-6-4-3-5-15(16)19(26)28-2/h3-12H,1-2H3,(H,22,25)(H,21,23,24). The average Bonchev–Trinajstić information content (AvgIpc) is 2.74. The molecule has 142 valence electrons. The molecule has 1 heterocycles. The summed E-state index contributed by atoms with van der Waals surface area (Å²) >= 11 is 0. The van der Waals surface area contributed by atoms with Gasteiger partial charge in [-0.25, -0.2) is 14.8 Å². The number of methoxy groups -OCH3 is 2. The third-order valence-electron chi connectivity index (χ3n) is 3.81. The van der Waals surface area contributed by atoms with Crippen LogP contribution < -0.4 is 15.4 Å². The van der Waals surface area contributed by atoms with E-state index in [1.54, 1.807) is 55.6 Å². The van der Waals surface area contributed by atoms with Gasteiger partial charge in [0.15, 0.2) is 0 Å². The fourth-order valence-electron chi connectivity index (χ4n) is 2.42. The number of hydrogen-bond acceptors (Lipinski definition) is 7. The summed E-state index contributed by atoms with van der Waals surface area (Å²) in [7, 11) is 2.88. The number of benzene rings is 2. The molecule has 1 amide bonds. The van der Waals surface area contributed by atoms with Gasteiger partial charge in [-0.05, 0) is 42.5 Å². The Morgan fingerprint density at radius 2 is 1.71 bits per heavy atom. The summed E-state index contributed by atoms with van der Waals surface area (Å²) in [5.41, 5.74) is 1.59. The third kappa shape index (κ3) is 4.42. The number of ether oxygens (including phenoxy) is 2. The lowest BCUT2D eigenvalue weighted by Crippen LogP contribution is -2.15. The molecule has 0 aliphatic heterocycles. The summed E-state index contributed by atoms with van der Waals surface area (Å²) in [4.78, 5) is 32.6.